The van der Waals surface area contributed by atoms with Crippen LogP contribution in [0.2, 0.25) is 0 Å². The lowest BCUT2D eigenvalue weighted by atomic mass is 10.1. The molecule has 162 valence electrons. The molecule has 1 atom stereocenters. The van der Waals surface area contributed by atoms with Gasteiger partial charge in [-0.1, -0.05) is 43.3 Å². The average Bonchev–Trinajstić information content (AvgIpc) is 3.27. The monoisotopic (exact) mass is 461 g/mol. The zero-order valence-corrected chi connectivity index (χ0v) is 19.4. The van der Waals surface area contributed by atoms with Gasteiger partial charge in [-0.05, 0) is 66.7 Å². The van der Waals surface area contributed by atoms with Gasteiger partial charge in [0.1, 0.15) is 5.75 Å². The summed E-state index contributed by atoms with van der Waals surface area (Å²) in [7, 11) is 0. The Kier molecular flexibility index (Phi) is 6.78. The van der Waals surface area contributed by atoms with Crippen molar-refractivity contribution in [3.63, 3.8) is 0 Å². The molecule has 0 aliphatic rings. The smallest absolute Gasteiger partial charge is 0.257 e. The number of hydrogen-bond acceptors (Lipinski definition) is 5. The number of aromatic nitrogens is 1. The molecule has 4 aromatic rings. The third-order valence-corrected chi connectivity index (χ3v) is 5.99. The van der Waals surface area contributed by atoms with Crippen LogP contribution in [0.1, 0.15) is 30.6 Å². The maximum Gasteiger partial charge on any atom is 0.257 e. The summed E-state index contributed by atoms with van der Waals surface area (Å²) in [6.07, 6.45) is 1.05. The molecule has 0 bridgehead atoms. The Balaban J connectivity index is 1.37. The minimum atomic E-state index is -0.288. The molecule has 0 aliphatic carbocycles. The van der Waals surface area contributed by atoms with Crippen LogP contribution in [0.15, 0.2) is 72.1 Å². The molecule has 3 aromatic carbocycles. The molecular formula is C25H23N3O2S2. The number of thiazole rings is 1. The van der Waals surface area contributed by atoms with Crippen LogP contribution in [0.3, 0.4) is 0 Å². The van der Waals surface area contributed by atoms with Gasteiger partial charge >= 0.3 is 0 Å². The molecule has 2 N–H and O–H groups in total. The number of nitrogens with one attached hydrogen (secondary N) is 2. The minimum absolute atomic E-state index is 0.129. The highest BCUT2D eigenvalue weighted by atomic mass is 32.1. The summed E-state index contributed by atoms with van der Waals surface area (Å²) in [5, 5.41) is 10.8. The standard InChI is InChI=1S/C25H23N3O2S2/c1-3-16(2)30-21-12-10-18(11-13-21)23(29)27-24(31)28-25-26-22(15-32-25)20-9-8-17-6-4-5-7-19(17)14-20/h4-16H,3H2,1-2H3,(H2,26,27,28,29,31)/t16-/m1/s1. The Morgan fingerprint density at radius 2 is 1.84 bits per heavy atom. The summed E-state index contributed by atoms with van der Waals surface area (Å²) in [6.45, 7) is 4.07. The lowest BCUT2D eigenvalue weighted by Gasteiger charge is -2.13. The van der Waals surface area contributed by atoms with Gasteiger partial charge in [-0.25, -0.2) is 4.98 Å². The topological polar surface area (TPSA) is 63.2 Å². The van der Waals surface area contributed by atoms with Crippen molar-refractivity contribution in [3.8, 4) is 17.0 Å². The Hall–Kier alpha value is -3.29. The van der Waals surface area contributed by atoms with E-state index in [-0.39, 0.29) is 17.1 Å². The van der Waals surface area contributed by atoms with Crippen molar-refractivity contribution in [3.05, 3.63) is 77.7 Å². The van der Waals surface area contributed by atoms with E-state index in [0.29, 0.717) is 10.7 Å². The van der Waals surface area contributed by atoms with E-state index in [1.54, 1.807) is 24.3 Å². The van der Waals surface area contributed by atoms with Crippen LogP contribution in [0.5, 0.6) is 5.75 Å². The number of ether oxygens (including phenoxy) is 1. The molecule has 4 rings (SSSR count). The van der Waals surface area contributed by atoms with E-state index in [2.05, 4.69) is 52.9 Å². The van der Waals surface area contributed by atoms with Gasteiger partial charge < -0.3 is 10.1 Å². The fourth-order valence-corrected chi connectivity index (χ4v) is 4.09. The van der Waals surface area contributed by atoms with Crippen molar-refractivity contribution in [2.24, 2.45) is 0 Å². The molecule has 1 amide bonds. The van der Waals surface area contributed by atoms with Crippen molar-refractivity contribution in [1.29, 1.82) is 0 Å². The predicted molar refractivity (Wildman–Crippen MR) is 136 cm³/mol. The number of fused-ring (bicyclic) bond motifs is 1. The van der Waals surface area contributed by atoms with E-state index in [0.717, 1.165) is 28.8 Å². The van der Waals surface area contributed by atoms with Crippen molar-refractivity contribution in [2.45, 2.75) is 26.4 Å². The van der Waals surface area contributed by atoms with Gasteiger partial charge in [0.15, 0.2) is 10.2 Å². The largest absolute Gasteiger partial charge is 0.491 e. The molecule has 0 fully saturated rings. The van der Waals surface area contributed by atoms with Crippen molar-refractivity contribution >= 4 is 50.5 Å². The van der Waals surface area contributed by atoms with E-state index in [1.807, 2.05) is 24.4 Å². The first-order valence-corrected chi connectivity index (χ1v) is 11.6. The summed E-state index contributed by atoms with van der Waals surface area (Å²) in [6, 6.07) is 21.5. The first-order valence-electron chi connectivity index (χ1n) is 10.4. The molecule has 5 nitrogen and oxygen atoms in total. The van der Waals surface area contributed by atoms with Crippen LogP contribution in [0.4, 0.5) is 5.13 Å². The van der Waals surface area contributed by atoms with E-state index in [9.17, 15) is 4.79 Å². The number of benzene rings is 3. The summed E-state index contributed by atoms with van der Waals surface area (Å²) in [5.41, 5.74) is 2.39. The molecule has 1 aromatic heterocycles. The Bertz CT molecular complexity index is 1250. The van der Waals surface area contributed by atoms with Gasteiger partial charge in [0.05, 0.1) is 11.8 Å². The molecule has 0 saturated heterocycles. The number of carbonyl (C=O) groups is 1. The average molecular weight is 462 g/mol. The van der Waals surface area contributed by atoms with Crippen molar-refractivity contribution < 1.29 is 9.53 Å². The van der Waals surface area contributed by atoms with E-state index >= 15 is 0 Å². The molecule has 0 radical (unpaired) electrons. The zero-order valence-electron chi connectivity index (χ0n) is 17.8. The number of anilines is 1. The first kappa shape index (κ1) is 21.9. The van der Waals surface area contributed by atoms with Crippen molar-refractivity contribution in [2.75, 3.05) is 5.32 Å². The molecule has 0 unspecified atom stereocenters. The SMILES string of the molecule is CC[C@@H](C)Oc1ccc(C(=O)NC(=S)Nc2nc(-c3ccc4ccccc4c3)cs2)cc1. The summed E-state index contributed by atoms with van der Waals surface area (Å²) in [4.78, 5) is 17.1. The van der Waals surface area contributed by atoms with Crippen LogP contribution in [-0.2, 0) is 0 Å². The van der Waals surface area contributed by atoms with E-state index in [4.69, 9.17) is 17.0 Å². The van der Waals surface area contributed by atoms with Crippen LogP contribution in [0, 0.1) is 0 Å². The second-order valence-electron chi connectivity index (χ2n) is 7.37. The number of thiocarbonyl (C=S) groups is 1. The quantitative estimate of drug-likeness (QED) is 0.332. The van der Waals surface area contributed by atoms with E-state index in [1.165, 1.54) is 16.7 Å². The normalized spacial score (nSPS) is 11.7. The van der Waals surface area contributed by atoms with Crippen LogP contribution in [-0.4, -0.2) is 22.1 Å². The lowest BCUT2D eigenvalue weighted by Crippen LogP contribution is -2.34. The third-order valence-electron chi connectivity index (χ3n) is 5.03. The minimum Gasteiger partial charge on any atom is -0.491 e. The van der Waals surface area contributed by atoms with E-state index < -0.39 is 0 Å². The Labute approximate surface area is 196 Å². The van der Waals surface area contributed by atoms with Gasteiger partial charge in [-0.15, -0.1) is 11.3 Å². The fraction of sp³-hybridized carbons (Fsp3) is 0.160. The summed E-state index contributed by atoms with van der Waals surface area (Å²) >= 11 is 6.73. The number of nitrogens with zero attached hydrogens (tertiary/aromatic N) is 1. The van der Waals surface area contributed by atoms with Gasteiger partial charge in [0, 0.05) is 16.5 Å². The molecule has 0 spiro atoms. The van der Waals surface area contributed by atoms with Crippen LogP contribution in [0.25, 0.3) is 22.0 Å². The number of carbonyl (C=O) groups excluding carboxylic acids is 1. The second-order valence-corrected chi connectivity index (χ2v) is 8.64. The predicted octanol–water partition coefficient (Wildman–Crippen LogP) is 6.27. The molecule has 1 heterocycles. The highest BCUT2D eigenvalue weighted by molar-refractivity contribution is 7.80. The van der Waals surface area contributed by atoms with Gasteiger partial charge in [-0.2, -0.15) is 0 Å². The molecule has 7 heteroatoms. The summed E-state index contributed by atoms with van der Waals surface area (Å²) in [5.74, 6) is 0.449. The molecule has 32 heavy (non-hydrogen) atoms. The fourth-order valence-electron chi connectivity index (χ4n) is 3.12. The highest BCUT2D eigenvalue weighted by Gasteiger charge is 2.11. The number of rotatable bonds is 6. The number of hydrogen-bond donors (Lipinski definition) is 2. The second kappa shape index (κ2) is 9.89. The van der Waals surface area contributed by atoms with Crippen LogP contribution < -0.4 is 15.4 Å². The Morgan fingerprint density at radius 3 is 2.59 bits per heavy atom. The molecular weight excluding hydrogens is 438 g/mol. The summed E-state index contributed by atoms with van der Waals surface area (Å²) < 4.78 is 5.74. The highest BCUT2D eigenvalue weighted by Crippen LogP contribution is 2.27. The molecule has 0 saturated carbocycles. The first-order chi connectivity index (χ1) is 15.5. The van der Waals surface area contributed by atoms with Crippen molar-refractivity contribution in [1.82, 2.24) is 10.3 Å². The lowest BCUT2D eigenvalue weighted by molar-refractivity contribution is 0.0977. The van der Waals surface area contributed by atoms with Crippen LogP contribution >= 0.6 is 23.6 Å². The third kappa shape index (κ3) is 5.30. The maximum absolute atomic E-state index is 12.5. The zero-order chi connectivity index (χ0) is 22.5. The molecule has 0 aliphatic heterocycles. The Morgan fingerprint density at radius 1 is 1.09 bits per heavy atom. The van der Waals surface area contributed by atoms with Gasteiger partial charge in [0.25, 0.3) is 5.91 Å². The van der Waals surface area contributed by atoms with Gasteiger partial charge in [0.2, 0.25) is 0 Å². The maximum atomic E-state index is 12.5. The van der Waals surface area contributed by atoms with Gasteiger partial charge in [-0.3, -0.25) is 10.1 Å². The number of amides is 1.